The van der Waals surface area contributed by atoms with Crippen LogP contribution in [0.15, 0.2) is 108 Å². The molecule has 2 aliphatic heterocycles. The van der Waals surface area contributed by atoms with Crippen molar-refractivity contribution >= 4 is 44.0 Å². The van der Waals surface area contributed by atoms with Gasteiger partial charge in [-0.05, 0) is 121 Å². The molecule has 4 fully saturated rings. The van der Waals surface area contributed by atoms with Crippen molar-refractivity contribution in [2.45, 2.75) is 107 Å². The van der Waals surface area contributed by atoms with E-state index in [1.54, 1.807) is 31.5 Å². The van der Waals surface area contributed by atoms with Gasteiger partial charge in [-0.25, -0.2) is 18.1 Å². The molecule has 2 saturated heterocycles. The molecule has 6 aromatic rings. The molecule has 4 aliphatic rings. The summed E-state index contributed by atoms with van der Waals surface area (Å²) in [4.78, 5) is 40.5. The van der Waals surface area contributed by atoms with Gasteiger partial charge in [0.2, 0.25) is 0 Å². The van der Waals surface area contributed by atoms with Gasteiger partial charge in [-0.15, -0.1) is 0 Å². The molecule has 4 aromatic carbocycles. The number of aromatic nitrogens is 2. The first-order valence-corrected chi connectivity index (χ1v) is 28.2. The average Bonchev–Trinajstić information content (AvgIpc) is 4.13. The van der Waals surface area contributed by atoms with Crippen molar-refractivity contribution in [3.05, 3.63) is 141 Å². The van der Waals surface area contributed by atoms with Crippen molar-refractivity contribution in [3.63, 3.8) is 0 Å². The van der Waals surface area contributed by atoms with Crippen molar-refractivity contribution < 1.29 is 32.7 Å². The molecule has 1 spiro atoms. The van der Waals surface area contributed by atoms with E-state index in [4.69, 9.17) is 9.47 Å². The maximum Gasteiger partial charge on any atom is 0.293 e. The molecule has 2 saturated carbocycles. The molecule has 2 aliphatic carbocycles. The highest BCUT2D eigenvalue weighted by atomic mass is 32.2. The Morgan fingerprint density at radius 2 is 1.79 bits per heavy atom. The standard InChI is InChI=1S/C58H70N8O8S/c1-5-6-9-39(21-25-67)32-60-51-19-16-46(29-52(51)66(69)70)75(71,72)62-57(68)50-18-15-43(28-55(50)74-45-27-42-20-22-59-56(42)61-33-45)64-36-58(37-64)30-44(31-58)65-24-23-63(35-53(65)49-11-8-7-10-47(49)38(2)3)34-40-12-17-48(41-13-14-41)54(26-40)73-4/h7-8,10-12,15-20,22,26-29,33,38-39,41,44,53,60,67H,5-6,9,13-14,21,23-25,30-32,34-37H2,1-4H3,(H,59,61)(H,62,68)/t39-,53+/m1/s1. The number of ether oxygens (including phenoxy) is 2. The lowest BCUT2D eigenvalue weighted by Crippen LogP contribution is -2.68. The molecule has 396 valence electrons. The van der Waals surface area contributed by atoms with Gasteiger partial charge in [0, 0.05) is 99.3 Å². The van der Waals surface area contributed by atoms with Crippen LogP contribution in [0.25, 0.3) is 11.0 Å². The summed E-state index contributed by atoms with van der Waals surface area (Å²) in [6, 6.07) is 28.8. The fraction of sp³-hybridized carbons (Fsp3) is 0.448. The number of benzene rings is 4. The van der Waals surface area contributed by atoms with Crippen LogP contribution in [0.4, 0.5) is 17.1 Å². The van der Waals surface area contributed by atoms with E-state index in [2.05, 4.69) is 97.9 Å². The van der Waals surface area contributed by atoms with Gasteiger partial charge in [0.15, 0.2) is 0 Å². The monoisotopic (exact) mass is 1040 g/mol. The molecular formula is C58H70N8O8S. The molecule has 0 unspecified atom stereocenters. The number of anilines is 2. The predicted octanol–water partition coefficient (Wildman–Crippen LogP) is 10.5. The molecule has 17 heteroatoms. The van der Waals surface area contributed by atoms with E-state index < -0.39 is 31.4 Å². The normalized spacial score (nSPS) is 18.4. The quantitative estimate of drug-likeness (QED) is 0.0371. The fourth-order valence-electron chi connectivity index (χ4n) is 11.8. The molecule has 10 rings (SSSR count). The van der Waals surface area contributed by atoms with Crippen LogP contribution < -0.4 is 24.4 Å². The molecule has 0 radical (unpaired) electrons. The first kappa shape index (κ1) is 51.9. The molecule has 1 amide bonds. The summed E-state index contributed by atoms with van der Waals surface area (Å²) >= 11 is 0. The minimum absolute atomic E-state index is 0.00836. The topological polar surface area (TPSA) is 195 Å². The van der Waals surface area contributed by atoms with Crippen LogP contribution in [0.5, 0.6) is 17.2 Å². The number of nitro groups is 1. The minimum atomic E-state index is -4.60. The minimum Gasteiger partial charge on any atom is -0.496 e. The predicted molar refractivity (Wildman–Crippen MR) is 291 cm³/mol. The number of hydrogen-bond acceptors (Lipinski definition) is 13. The SMILES string of the molecule is CCCC[C@H](CCO)CNc1ccc(S(=O)(=O)NC(=O)c2ccc(N3CC4(CC(N5CCN(Cc6ccc(C7CC7)c(OC)c6)C[C@H]5c5ccccc5C(C)C)C4)C3)cc2Oc2cnc3[nH]ccc3c2)cc1[N+](=O)[O-]. The smallest absolute Gasteiger partial charge is 0.293 e. The molecule has 2 atom stereocenters. The third-order valence-corrected chi connectivity index (χ3v) is 17.4. The van der Waals surface area contributed by atoms with Crippen LogP contribution in [0, 0.1) is 21.4 Å². The number of H-pyrrole nitrogens is 1. The molecule has 4 N–H and O–H groups in total. The molecule has 2 aromatic heterocycles. The van der Waals surface area contributed by atoms with E-state index >= 15 is 0 Å². The average molecular weight is 1040 g/mol. The van der Waals surface area contributed by atoms with Crippen molar-refractivity contribution in [1.82, 2.24) is 24.5 Å². The summed E-state index contributed by atoms with van der Waals surface area (Å²) in [5.74, 6) is 1.65. The molecule has 0 bridgehead atoms. The van der Waals surface area contributed by atoms with Crippen LogP contribution in [0.2, 0.25) is 0 Å². The first-order chi connectivity index (χ1) is 36.2. The Labute approximate surface area is 440 Å². The molecular weight excluding hydrogens is 969 g/mol. The number of aromatic amines is 1. The Balaban J connectivity index is 0.841. The van der Waals surface area contributed by atoms with Crippen molar-refractivity contribution in [2.75, 3.05) is 63.2 Å². The Morgan fingerprint density at radius 3 is 2.53 bits per heavy atom. The summed E-state index contributed by atoms with van der Waals surface area (Å²) < 4.78 is 42.1. The van der Waals surface area contributed by atoms with Crippen molar-refractivity contribution in [1.29, 1.82) is 0 Å². The highest BCUT2D eigenvalue weighted by Gasteiger charge is 2.55. The summed E-state index contributed by atoms with van der Waals surface area (Å²) in [7, 11) is -2.81. The van der Waals surface area contributed by atoms with E-state index in [1.807, 2.05) is 12.1 Å². The number of amides is 1. The van der Waals surface area contributed by atoms with Gasteiger partial charge >= 0.3 is 0 Å². The van der Waals surface area contributed by atoms with Gasteiger partial charge in [-0.1, -0.05) is 70.0 Å². The number of carbonyl (C=O) groups excluding carboxylic acids is 1. The van der Waals surface area contributed by atoms with E-state index in [9.17, 15) is 28.4 Å². The number of pyridine rings is 1. The zero-order valence-electron chi connectivity index (χ0n) is 43.5. The second kappa shape index (κ2) is 22.0. The zero-order chi connectivity index (χ0) is 52.4. The summed E-state index contributed by atoms with van der Waals surface area (Å²) in [6.45, 7) is 12.4. The Morgan fingerprint density at radius 1 is 0.973 bits per heavy atom. The first-order valence-electron chi connectivity index (χ1n) is 26.7. The lowest BCUT2D eigenvalue weighted by Gasteiger charge is -2.63. The number of carbonyl (C=O) groups is 1. The zero-order valence-corrected chi connectivity index (χ0v) is 44.3. The highest BCUT2D eigenvalue weighted by Crippen LogP contribution is 2.54. The number of nitrogens with one attached hydrogen (secondary N) is 3. The van der Waals surface area contributed by atoms with Gasteiger partial charge in [0.1, 0.15) is 28.6 Å². The number of rotatable bonds is 22. The third kappa shape index (κ3) is 11.4. The number of aliphatic hydroxyl groups excluding tert-OH is 1. The molecule has 4 heterocycles. The van der Waals surface area contributed by atoms with Gasteiger partial charge in [-0.3, -0.25) is 24.7 Å². The summed E-state index contributed by atoms with van der Waals surface area (Å²) in [6.07, 6.45) is 11.2. The Hall–Kier alpha value is -6.53. The number of fused-ring (bicyclic) bond motifs is 1. The number of aliphatic hydroxyl groups is 1. The van der Waals surface area contributed by atoms with Crippen LogP contribution in [0.3, 0.4) is 0 Å². The van der Waals surface area contributed by atoms with E-state index in [1.165, 1.54) is 53.4 Å². The Kier molecular flexibility index (Phi) is 15.2. The van der Waals surface area contributed by atoms with Crippen LogP contribution in [-0.4, -0.2) is 103 Å². The van der Waals surface area contributed by atoms with E-state index in [0.29, 0.717) is 42.2 Å². The second-order valence-electron chi connectivity index (χ2n) is 21.7. The Bertz CT molecular complexity index is 3140. The summed E-state index contributed by atoms with van der Waals surface area (Å²) in [5, 5.41) is 25.7. The van der Waals surface area contributed by atoms with Gasteiger partial charge in [-0.2, -0.15) is 0 Å². The van der Waals surface area contributed by atoms with Crippen molar-refractivity contribution in [3.8, 4) is 17.2 Å². The number of nitrogens with zero attached hydrogens (tertiary/aromatic N) is 5. The van der Waals surface area contributed by atoms with Gasteiger partial charge in [0.25, 0.3) is 21.6 Å². The number of hydrogen-bond donors (Lipinski definition) is 4. The second-order valence-corrected chi connectivity index (χ2v) is 23.4. The summed E-state index contributed by atoms with van der Waals surface area (Å²) in [5.41, 5.74) is 6.74. The highest BCUT2D eigenvalue weighted by molar-refractivity contribution is 7.90. The maximum atomic E-state index is 14.1. The molecule has 16 nitrogen and oxygen atoms in total. The van der Waals surface area contributed by atoms with Crippen LogP contribution >= 0.6 is 0 Å². The number of nitro benzene ring substituents is 1. The van der Waals surface area contributed by atoms with Crippen molar-refractivity contribution in [2.24, 2.45) is 11.3 Å². The number of unbranched alkanes of at least 4 members (excludes halogenated alkanes) is 1. The van der Waals surface area contributed by atoms with Crippen LogP contribution in [-0.2, 0) is 16.6 Å². The lowest BCUT2D eigenvalue weighted by atomic mass is 9.59. The van der Waals surface area contributed by atoms with E-state index in [0.717, 1.165) is 94.3 Å². The largest absolute Gasteiger partial charge is 0.496 e. The fourth-order valence-corrected chi connectivity index (χ4v) is 12.8. The number of sulfonamides is 1. The van der Waals surface area contributed by atoms with Gasteiger partial charge in [0.05, 0.1) is 28.7 Å². The third-order valence-electron chi connectivity index (χ3n) is 16.0. The number of piperazine rings is 1. The number of methoxy groups -OCH3 is 1. The van der Waals surface area contributed by atoms with E-state index in [-0.39, 0.29) is 41.0 Å². The van der Waals surface area contributed by atoms with Crippen LogP contribution in [0.1, 0.15) is 123 Å². The lowest BCUT2D eigenvalue weighted by molar-refractivity contribution is -0.384. The maximum absolute atomic E-state index is 14.1. The molecule has 75 heavy (non-hydrogen) atoms. The van der Waals surface area contributed by atoms with Gasteiger partial charge < -0.3 is 29.8 Å².